The fourth-order valence-electron chi connectivity index (χ4n) is 3.81. The number of aromatic nitrogens is 2. The van der Waals surface area contributed by atoms with Gasteiger partial charge in [-0.3, -0.25) is 4.68 Å². The number of nitrogens with one attached hydrogen (secondary N) is 1. The predicted molar refractivity (Wildman–Crippen MR) is 118 cm³/mol. The standard InChI is InChI=1S/C24H24ClN3O/c1-28-23(16-22(27-28)19-8-3-2-4-9-19)26-21-11-6-13-24(29,17-21)14-12-18-7-5-10-20(25)15-18/h2-5,7-10,15-16,21,26,29H,6,11,13,17H2,1H3/t21-,24+/m0/s1. The third kappa shape index (κ3) is 4.82. The molecule has 1 heterocycles. The first kappa shape index (κ1) is 19.6. The molecule has 0 spiro atoms. The number of aliphatic hydroxyl groups is 1. The molecule has 2 N–H and O–H groups in total. The van der Waals surface area contributed by atoms with Crippen LogP contribution in [0, 0.1) is 11.8 Å². The number of halogens is 1. The van der Waals surface area contributed by atoms with Gasteiger partial charge in [0.1, 0.15) is 11.4 Å². The molecule has 1 saturated carbocycles. The van der Waals surface area contributed by atoms with E-state index in [4.69, 9.17) is 11.6 Å². The molecule has 3 aromatic rings. The van der Waals surface area contributed by atoms with Gasteiger partial charge >= 0.3 is 0 Å². The van der Waals surface area contributed by atoms with Gasteiger partial charge < -0.3 is 10.4 Å². The zero-order valence-corrected chi connectivity index (χ0v) is 17.2. The minimum Gasteiger partial charge on any atom is -0.378 e. The lowest BCUT2D eigenvalue weighted by Gasteiger charge is -2.33. The van der Waals surface area contributed by atoms with E-state index in [2.05, 4.69) is 40.5 Å². The molecular weight excluding hydrogens is 382 g/mol. The van der Waals surface area contributed by atoms with Crippen molar-refractivity contribution in [3.8, 4) is 23.1 Å². The Labute approximate surface area is 176 Å². The van der Waals surface area contributed by atoms with Gasteiger partial charge in [0.2, 0.25) is 0 Å². The first-order valence-corrected chi connectivity index (χ1v) is 10.3. The van der Waals surface area contributed by atoms with Crippen molar-refractivity contribution in [2.45, 2.75) is 37.3 Å². The highest BCUT2D eigenvalue weighted by atomic mass is 35.5. The second-order valence-corrected chi connectivity index (χ2v) is 8.07. The first-order chi connectivity index (χ1) is 14.0. The topological polar surface area (TPSA) is 50.1 Å². The zero-order valence-electron chi connectivity index (χ0n) is 16.4. The summed E-state index contributed by atoms with van der Waals surface area (Å²) in [5.74, 6) is 7.12. The molecule has 0 unspecified atom stereocenters. The molecule has 29 heavy (non-hydrogen) atoms. The highest BCUT2D eigenvalue weighted by Crippen LogP contribution is 2.31. The van der Waals surface area contributed by atoms with Crippen LogP contribution in [0.2, 0.25) is 5.02 Å². The van der Waals surface area contributed by atoms with Crippen molar-refractivity contribution >= 4 is 17.4 Å². The van der Waals surface area contributed by atoms with E-state index >= 15 is 0 Å². The van der Waals surface area contributed by atoms with Crippen molar-refractivity contribution < 1.29 is 5.11 Å². The van der Waals surface area contributed by atoms with Crippen LogP contribution in [0.5, 0.6) is 0 Å². The summed E-state index contributed by atoms with van der Waals surface area (Å²) in [4.78, 5) is 0. The van der Waals surface area contributed by atoms with Gasteiger partial charge in [0.05, 0.1) is 5.69 Å². The summed E-state index contributed by atoms with van der Waals surface area (Å²) in [5, 5.41) is 19.9. The Hall–Kier alpha value is -2.74. The highest BCUT2D eigenvalue weighted by molar-refractivity contribution is 6.30. The third-order valence-electron chi connectivity index (χ3n) is 5.29. The maximum Gasteiger partial charge on any atom is 0.127 e. The number of hydrogen-bond donors (Lipinski definition) is 2. The Balaban J connectivity index is 1.47. The Bertz CT molecular complexity index is 1050. The molecule has 0 radical (unpaired) electrons. The number of nitrogens with zero attached hydrogens (tertiary/aromatic N) is 2. The monoisotopic (exact) mass is 405 g/mol. The van der Waals surface area contributed by atoms with E-state index < -0.39 is 5.60 Å². The van der Waals surface area contributed by atoms with Gasteiger partial charge in [-0.2, -0.15) is 5.10 Å². The molecule has 0 aliphatic heterocycles. The normalized spacial score (nSPS) is 21.3. The van der Waals surface area contributed by atoms with Crippen molar-refractivity contribution in [1.82, 2.24) is 9.78 Å². The van der Waals surface area contributed by atoms with Crippen molar-refractivity contribution in [3.63, 3.8) is 0 Å². The SMILES string of the molecule is Cn1nc(-c2ccccc2)cc1N[C@H]1CCC[C@@](O)(C#Cc2cccc(Cl)c2)C1. The van der Waals surface area contributed by atoms with Crippen LogP contribution >= 0.6 is 11.6 Å². The van der Waals surface area contributed by atoms with E-state index in [0.29, 0.717) is 17.9 Å². The van der Waals surface area contributed by atoms with Crippen LogP contribution in [0.3, 0.4) is 0 Å². The summed E-state index contributed by atoms with van der Waals surface area (Å²) in [7, 11) is 1.93. The largest absolute Gasteiger partial charge is 0.378 e. The molecule has 1 fully saturated rings. The lowest BCUT2D eigenvalue weighted by Crippen LogP contribution is -2.39. The van der Waals surface area contributed by atoms with E-state index in [1.54, 1.807) is 0 Å². The average molecular weight is 406 g/mol. The molecule has 1 aliphatic rings. The average Bonchev–Trinajstić information content (AvgIpc) is 3.08. The quantitative estimate of drug-likeness (QED) is 0.611. The van der Waals surface area contributed by atoms with Crippen molar-refractivity contribution in [1.29, 1.82) is 0 Å². The van der Waals surface area contributed by atoms with E-state index in [1.165, 1.54) is 0 Å². The van der Waals surface area contributed by atoms with Gasteiger partial charge in [-0.1, -0.05) is 59.8 Å². The fourth-order valence-corrected chi connectivity index (χ4v) is 4.00. The Morgan fingerprint density at radius 2 is 2.00 bits per heavy atom. The first-order valence-electron chi connectivity index (χ1n) is 9.88. The number of benzene rings is 2. The molecular formula is C24H24ClN3O. The molecule has 1 aromatic heterocycles. The summed E-state index contributed by atoms with van der Waals surface area (Å²) in [6.07, 6.45) is 3.17. The Morgan fingerprint density at radius 3 is 2.79 bits per heavy atom. The van der Waals surface area contributed by atoms with Crippen LogP contribution in [0.25, 0.3) is 11.3 Å². The molecule has 2 atom stereocenters. The second kappa shape index (κ2) is 8.32. The van der Waals surface area contributed by atoms with Gasteiger partial charge in [-0.15, -0.1) is 0 Å². The molecule has 1 aliphatic carbocycles. The van der Waals surface area contributed by atoms with Gasteiger partial charge in [0.25, 0.3) is 0 Å². The van der Waals surface area contributed by atoms with E-state index in [-0.39, 0.29) is 6.04 Å². The number of anilines is 1. The molecule has 4 rings (SSSR count). The number of aryl methyl sites for hydroxylation is 1. The third-order valence-corrected chi connectivity index (χ3v) is 5.53. The molecule has 0 saturated heterocycles. The van der Waals surface area contributed by atoms with Gasteiger partial charge in [-0.05, 0) is 37.5 Å². The summed E-state index contributed by atoms with van der Waals surface area (Å²) in [5.41, 5.74) is 1.84. The summed E-state index contributed by atoms with van der Waals surface area (Å²) >= 11 is 6.03. The van der Waals surface area contributed by atoms with Gasteiger partial charge in [0, 0.05) is 41.7 Å². The zero-order chi connectivity index (χ0) is 20.3. The van der Waals surface area contributed by atoms with Gasteiger partial charge in [-0.25, -0.2) is 0 Å². The van der Waals surface area contributed by atoms with Crippen LogP contribution in [0.15, 0.2) is 60.7 Å². The van der Waals surface area contributed by atoms with Crippen molar-refractivity contribution in [3.05, 3.63) is 71.2 Å². The van der Waals surface area contributed by atoms with E-state index in [9.17, 15) is 5.11 Å². The van der Waals surface area contributed by atoms with Crippen LogP contribution in [-0.4, -0.2) is 26.5 Å². The van der Waals surface area contributed by atoms with Crippen LogP contribution in [0.1, 0.15) is 31.2 Å². The van der Waals surface area contributed by atoms with Crippen LogP contribution in [-0.2, 0) is 7.05 Å². The smallest absolute Gasteiger partial charge is 0.127 e. The van der Waals surface area contributed by atoms with E-state index in [1.807, 2.05) is 54.2 Å². The molecule has 148 valence electrons. The summed E-state index contributed by atoms with van der Waals surface area (Å²) in [6, 6.07) is 19.7. The molecule has 0 bridgehead atoms. The predicted octanol–water partition coefficient (Wildman–Crippen LogP) is 4.88. The van der Waals surface area contributed by atoms with Gasteiger partial charge in [0.15, 0.2) is 0 Å². The maximum absolute atomic E-state index is 11.0. The van der Waals surface area contributed by atoms with Crippen LogP contribution < -0.4 is 5.32 Å². The number of rotatable bonds is 3. The molecule has 4 nitrogen and oxygen atoms in total. The fraction of sp³-hybridized carbons (Fsp3) is 0.292. The lowest BCUT2D eigenvalue weighted by molar-refractivity contribution is 0.0560. The molecule has 5 heteroatoms. The Morgan fingerprint density at radius 1 is 1.17 bits per heavy atom. The Kier molecular flexibility index (Phi) is 5.62. The van der Waals surface area contributed by atoms with Crippen molar-refractivity contribution in [2.24, 2.45) is 7.05 Å². The minimum atomic E-state index is -1.00. The number of hydrogen-bond acceptors (Lipinski definition) is 3. The molecule has 0 amide bonds. The summed E-state index contributed by atoms with van der Waals surface area (Å²) < 4.78 is 1.85. The highest BCUT2D eigenvalue weighted by Gasteiger charge is 2.33. The van der Waals surface area contributed by atoms with E-state index in [0.717, 1.165) is 35.5 Å². The van der Waals surface area contributed by atoms with Crippen LogP contribution in [0.4, 0.5) is 5.82 Å². The maximum atomic E-state index is 11.0. The lowest BCUT2D eigenvalue weighted by atomic mass is 9.82. The van der Waals surface area contributed by atoms with Crippen molar-refractivity contribution in [2.75, 3.05) is 5.32 Å². The summed E-state index contributed by atoms with van der Waals surface area (Å²) in [6.45, 7) is 0. The minimum absolute atomic E-state index is 0.140. The molecule has 2 aromatic carbocycles. The second-order valence-electron chi connectivity index (χ2n) is 7.63.